The second-order valence-corrected chi connectivity index (χ2v) is 5.28. The average molecular weight is 346 g/mol. The zero-order valence-corrected chi connectivity index (χ0v) is 13.8. The van der Waals surface area contributed by atoms with E-state index < -0.39 is 11.7 Å². The van der Waals surface area contributed by atoms with Crippen molar-refractivity contribution < 1.29 is 23.5 Å². The van der Waals surface area contributed by atoms with Gasteiger partial charge in [-0.1, -0.05) is 12.1 Å². The van der Waals surface area contributed by atoms with Gasteiger partial charge in [-0.2, -0.15) is 0 Å². The number of primary amides is 1. The maximum Gasteiger partial charge on any atom is 0.255 e. The molecule has 0 aliphatic heterocycles. The van der Waals surface area contributed by atoms with Gasteiger partial charge in [0.25, 0.3) is 11.8 Å². The first-order valence-electron chi connectivity index (χ1n) is 7.61. The summed E-state index contributed by atoms with van der Waals surface area (Å²) in [6.45, 7) is 0.247. The molecule has 0 radical (unpaired) electrons. The standard InChI is InChI=1S/C18H19FN2O4/c1-21(10-11-24-16-5-3-2-4-15(16)19)18(23)13-6-8-14(9-7-13)25-12-17(20)22/h2-9H,10-12H2,1H3,(H2,20,22). The Hall–Kier alpha value is -3.09. The Kier molecular flexibility index (Phi) is 6.33. The van der Waals surface area contributed by atoms with Gasteiger partial charge in [0.05, 0.1) is 6.54 Å². The van der Waals surface area contributed by atoms with Crippen LogP contribution in [0.4, 0.5) is 4.39 Å². The van der Waals surface area contributed by atoms with Gasteiger partial charge in [0.15, 0.2) is 18.2 Å². The van der Waals surface area contributed by atoms with Gasteiger partial charge < -0.3 is 20.1 Å². The van der Waals surface area contributed by atoms with Gasteiger partial charge in [0.1, 0.15) is 12.4 Å². The van der Waals surface area contributed by atoms with Gasteiger partial charge in [0.2, 0.25) is 0 Å². The fourth-order valence-corrected chi connectivity index (χ4v) is 2.02. The molecule has 2 rings (SSSR count). The Labute approximate surface area is 144 Å². The zero-order valence-electron chi connectivity index (χ0n) is 13.8. The van der Waals surface area contributed by atoms with Gasteiger partial charge >= 0.3 is 0 Å². The van der Waals surface area contributed by atoms with Crippen LogP contribution in [-0.4, -0.2) is 43.5 Å². The highest BCUT2D eigenvalue weighted by molar-refractivity contribution is 5.94. The summed E-state index contributed by atoms with van der Waals surface area (Å²) in [4.78, 5) is 24.4. The lowest BCUT2D eigenvalue weighted by Gasteiger charge is -2.18. The number of halogens is 1. The van der Waals surface area contributed by atoms with Gasteiger partial charge in [0, 0.05) is 12.6 Å². The van der Waals surface area contributed by atoms with Gasteiger partial charge in [-0.3, -0.25) is 9.59 Å². The SMILES string of the molecule is CN(CCOc1ccccc1F)C(=O)c1ccc(OCC(N)=O)cc1. The van der Waals surface area contributed by atoms with Gasteiger partial charge in [-0.15, -0.1) is 0 Å². The predicted molar refractivity (Wildman–Crippen MR) is 90.0 cm³/mol. The van der Waals surface area contributed by atoms with Crippen molar-refractivity contribution in [3.63, 3.8) is 0 Å². The van der Waals surface area contributed by atoms with E-state index in [9.17, 15) is 14.0 Å². The van der Waals surface area contributed by atoms with Crippen molar-refractivity contribution in [1.82, 2.24) is 4.90 Å². The van der Waals surface area contributed by atoms with Crippen molar-refractivity contribution in [1.29, 1.82) is 0 Å². The quantitative estimate of drug-likeness (QED) is 0.791. The number of nitrogens with zero attached hydrogens (tertiary/aromatic N) is 1. The molecule has 0 bridgehead atoms. The number of carbonyl (C=O) groups is 2. The molecule has 0 atom stereocenters. The number of rotatable bonds is 8. The molecule has 2 N–H and O–H groups in total. The Morgan fingerprint density at radius 1 is 1.08 bits per heavy atom. The largest absolute Gasteiger partial charge is 0.489 e. The third-order valence-corrected chi connectivity index (χ3v) is 3.35. The normalized spacial score (nSPS) is 10.2. The molecule has 2 aromatic rings. The van der Waals surface area contributed by atoms with Crippen LogP contribution in [0.1, 0.15) is 10.4 Å². The summed E-state index contributed by atoms with van der Waals surface area (Å²) < 4.78 is 23.9. The van der Waals surface area contributed by atoms with Crippen molar-refractivity contribution in [3.05, 3.63) is 59.9 Å². The topological polar surface area (TPSA) is 81.9 Å². The molecule has 2 aromatic carbocycles. The molecule has 6 nitrogen and oxygen atoms in total. The van der Waals surface area contributed by atoms with E-state index in [1.54, 1.807) is 43.4 Å². The predicted octanol–water partition coefficient (Wildman–Crippen LogP) is 1.84. The first-order valence-corrected chi connectivity index (χ1v) is 7.61. The van der Waals surface area contributed by atoms with E-state index in [0.29, 0.717) is 17.9 Å². The molecule has 0 saturated carbocycles. The van der Waals surface area contributed by atoms with E-state index in [0.717, 1.165) is 0 Å². The van der Waals surface area contributed by atoms with Crippen LogP contribution >= 0.6 is 0 Å². The molecule has 132 valence electrons. The van der Waals surface area contributed by atoms with Crippen molar-refractivity contribution in [2.75, 3.05) is 26.8 Å². The number of carbonyl (C=O) groups excluding carboxylic acids is 2. The second kappa shape index (κ2) is 8.68. The Morgan fingerprint density at radius 2 is 1.76 bits per heavy atom. The number of hydrogen-bond acceptors (Lipinski definition) is 4. The van der Waals surface area contributed by atoms with Crippen LogP contribution in [0.3, 0.4) is 0 Å². The lowest BCUT2D eigenvalue weighted by molar-refractivity contribution is -0.119. The highest BCUT2D eigenvalue weighted by Crippen LogP contribution is 2.16. The van der Waals surface area contributed by atoms with E-state index in [4.69, 9.17) is 15.2 Å². The van der Waals surface area contributed by atoms with Crippen molar-refractivity contribution in [2.24, 2.45) is 5.73 Å². The first-order chi connectivity index (χ1) is 12.0. The monoisotopic (exact) mass is 346 g/mol. The minimum absolute atomic E-state index is 0.152. The summed E-state index contributed by atoms with van der Waals surface area (Å²) in [5, 5.41) is 0. The highest BCUT2D eigenvalue weighted by Gasteiger charge is 2.12. The minimum atomic E-state index is -0.574. The molecule has 25 heavy (non-hydrogen) atoms. The Morgan fingerprint density at radius 3 is 2.40 bits per heavy atom. The maximum absolute atomic E-state index is 13.4. The lowest BCUT2D eigenvalue weighted by Crippen LogP contribution is -2.30. The molecule has 2 amide bonds. The molecule has 0 spiro atoms. The van der Waals surface area contributed by atoms with Crippen LogP contribution in [-0.2, 0) is 4.79 Å². The molecular formula is C18H19FN2O4. The molecular weight excluding hydrogens is 327 g/mol. The van der Waals surface area contributed by atoms with Crippen LogP contribution in [0, 0.1) is 5.82 Å². The van der Waals surface area contributed by atoms with E-state index in [-0.39, 0.29) is 24.9 Å². The van der Waals surface area contributed by atoms with Crippen LogP contribution in [0.2, 0.25) is 0 Å². The molecule has 0 heterocycles. The third-order valence-electron chi connectivity index (χ3n) is 3.35. The minimum Gasteiger partial charge on any atom is -0.489 e. The smallest absolute Gasteiger partial charge is 0.255 e. The molecule has 0 aromatic heterocycles. The lowest BCUT2D eigenvalue weighted by atomic mass is 10.2. The number of nitrogens with two attached hydrogens (primary N) is 1. The third kappa shape index (κ3) is 5.49. The van der Waals surface area contributed by atoms with Gasteiger partial charge in [-0.05, 0) is 36.4 Å². The number of amides is 2. The van der Waals surface area contributed by atoms with Crippen LogP contribution in [0.15, 0.2) is 48.5 Å². The van der Waals surface area contributed by atoms with Crippen molar-refractivity contribution in [2.45, 2.75) is 0 Å². The zero-order chi connectivity index (χ0) is 18.2. The summed E-state index contributed by atoms with van der Waals surface area (Å²) in [6.07, 6.45) is 0. The van der Waals surface area contributed by atoms with E-state index in [1.165, 1.54) is 17.0 Å². The van der Waals surface area contributed by atoms with Crippen LogP contribution < -0.4 is 15.2 Å². The molecule has 0 aliphatic rings. The Bertz CT molecular complexity index is 734. The van der Waals surface area contributed by atoms with E-state index in [2.05, 4.69) is 0 Å². The first kappa shape index (κ1) is 18.3. The summed E-state index contributed by atoms with van der Waals surface area (Å²) in [6, 6.07) is 12.4. The molecule has 0 aliphatic carbocycles. The molecule has 0 fully saturated rings. The summed E-state index contributed by atoms with van der Waals surface area (Å²) in [7, 11) is 1.63. The number of para-hydroxylation sites is 1. The molecule has 0 unspecified atom stereocenters. The maximum atomic E-state index is 13.4. The number of benzene rings is 2. The fraction of sp³-hybridized carbons (Fsp3) is 0.222. The Balaban J connectivity index is 1.84. The number of ether oxygens (including phenoxy) is 2. The van der Waals surface area contributed by atoms with Crippen LogP contribution in [0.5, 0.6) is 11.5 Å². The average Bonchev–Trinajstić information content (AvgIpc) is 2.61. The second-order valence-electron chi connectivity index (χ2n) is 5.28. The van der Waals surface area contributed by atoms with Crippen molar-refractivity contribution in [3.8, 4) is 11.5 Å². The summed E-state index contributed by atoms with van der Waals surface area (Å²) in [5.41, 5.74) is 5.45. The molecule has 7 heteroatoms. The fourth-order valence-electron chi connectivity index (χ4n) is 2.02. The van der Waals surface area contributed by atoms with Crippen molar-refractivity contribution >= 4 is 11.8 Å². The summed E-state index contributed by atoms with van der Waals surface area (Å²) in [5.74, 6) is -0.628. The van der Waals surface area contributed by atoms with Crippen LogP contribution in [0.25, 0.3) is 0 Å². The molecule has 0 saturated heterocycles. The van der Waals surface area contributed by atoms with E-state index >= 15 is 0 Å². The highest BCUT2D eigenvalue weighted by atomic mass is 19.1. The number of hydrogen-bond donors (Lipinski definition) is 1. The summed E-state index contributed by atoms with van der Waals surface area (Å²) >= 11 is 0. The number of likely N-dealkylation sites (N-methyl/N-ethyl adjacent to an activating group) is 1. The van der Waals surface area contributed by atoms with Gasteiger partial charge in [-0.25, -0.2) is 4.39 Å². The van der Waals surface area contributed by atoms with E-state index in [1.807, 2.05) is 0 Å².